The molecule has 1 aliphatic heterocycles. The number of methoxy groups -OCH3 is 1. The Balaban J connectivity index is 2.10. The Labute approximate surface area is 113 Å². The number of ether oxygens (including phenoxy) is 1. The molecule has 0 spiro atoms. The highest BCUT2D eigenvalue weighted by Crippen LogP contribution is 2.19. The van der Waals surface area contributed by atoms with Gasteiger partial charge in [-0.25, -0.2) is 0 Å². The highest BCUT2D eigenvalue weighted by atomic mass is 16.5. The zero-order chi connectivity index (χ0) is 13.4. The third-order valence-electron chi connectivity index (χ3n) is 4.16. The molecule has 1 rings (SSSR count). The number of piperidine rings is 1. The van der Waals surface area contributed by atoms with Gasteiger partial charge in [0.1, 0.15) is 0 Å². The van der Waals surface area contributed by atoms with E-state index in [1.807, 2.05) is 0 Å². The summed E-state index contributed by atoms with van der Waals surface area (Å²) in [5.74, 6) is 0. The van der Waals surface area contributed by atoms with Crippen LogP contribution in [-0.4, -0.2) is 51.3 Å². The molecule has 0 saturated carbocycles. The Kier molecular flexibility index (Phi) is 7.20. The zero-order valence-corrected chi connectivity index (χ0v) is 12.8. The van der Waals surface area contributed by atoms with Crippen LogP contribution >= 0.6 is 0 Å². The van der Waals surface area contributed by atoms with Gasteiger partial charge in [-0.2, -0.15) is 0 Å². The summed E-state index contributed by atoms with van der Waals surface area (Å²) in [6.07, 6.45) is 6.58. The first-order chi connectivity index (χ1) is 8.55. The minimum Gasteiger partial charge on any atom is -0.385 e. The molecule has 0 amide bonds. The van der Waals surface area contributed by atoms with Crippen molar-refractivity contribution in [3.8, 4) is 0 Å². The predicted octanol–water partition coefficient (Wildman–Crippen LogP) is 2.51. The zero-order valence-electron chi connectivity index (χ0n) is 12.8. The van der Waals surface area contributed by atoms with E-state index in [1.165, 1.54) is 32.2 Å². The second kappa shape index (κ2) is 8.13. The van der Waals surface area contributed by atoms with E-state index in [4.69, 9.17) is 4.74 Å². The van der Waals surface area contributed by atoms with Crippen LogP contribution in [0.1, 0.15) is 46.0 Å². The molecule has 1 atom stereocenters. The molecule has 0 bridgehead atoms. The van der Waals surface area contributed by atoms with Crippen LogP contribution in [0.4, 0.5) is 0 Å². The van der Waals surface area contributed by atoms with Crippen molar-refractivity contribution < 1.29 is 4.74 Å². The Hall–Kier alpha value is -0.120. The van der Waals surface area contributed by atoms with Gasteiger partial charge in [0.2, 0.25) is 0 Å². The summed E-state index contributed by atoms with van der Waals surface area (Å²) in [6.45, 7) is 9.00. The van der Waals surface area contributed by atoms with E-state index in [0.29, 0.717) is 5.41 Å². The first-order valence-electron chi connectivity index (χ1n) is 7.45. The highest BCUT2D eigenvalue weighted by molar-refractivity contribution is 4.76. The minimum atomic E-state index is 0.342. The largest absolute Gasteiger partial charge is 0.385 e. The predicted molar refractivity (Wildman–Crippen MR) is 78.0 cm³/mol. The molecule has 0 aliphatic carbocycles. The van der Waals surface area contributed by atoms with Crippen molar-refractivity contribution in [1.82, 2.24) is 10.2 Å². The average molecular weight is 256 g/mol. The molecule has 1 aliphatic rings. The van der Waals surface area contributed by atoms with E-state index in [1.54, 1.807) is 7.11 Å². The lowest BCUT2D eigenvalue weighted by molar-refractivity contribution is 0.148. The van der Waals surface area contributed by atoms with Crippen LogP contribution in [0.15, 0.2) is 0 Å². The van der Waals surface area contributed by atoms with E-state index < -0.39 is 0 Å². The van der Waals surface area contributed by atoms with Crippen LogP contribution in [-0.2, 0) is 4.74 Å². The molecule has 3 nitrogen and oxygen atoms in total. The van der Waals surface area contributed by atoms with E-state index in [-0.39, 0.29) is 0 Å². The maximum Gasteiger partial charge on any atom is 0.0467 e. The molecule has 1 saturated heterocycles. The SMILES string of the molecule is COCCC(C)(C)CNCCC1CCCCN1C. The van der Waals surface area contributed by atoms with Gasteiger partial charge in [0.25, 0.3) is 0 Å². The summed E-state index contributed by atoms with van der Waals surface area (Å²) in [6, 6.07) is 0.799. The lowest BCUT2D eigenvalue weighted by Gasteiger charge is -2.33. The molecule has 1 unspecified atom stereocenters. The monoisotopic (exact) mass is 256 g/mol. The summed E-state index contributed by atoms with van der Waals surface area (Å²) in [4.78, 5) is 2.53. The van der Waals surface area contributed by atoms with Gasteiger partial charge in [-0.15, -0.1) is 0 Å². The van der Waals surface area contributed by atoms with Gasteiger partial charge in [0.05, 0.1) is 0 Å². The first kappa shape index (κ1) is 15.9. The number of nitrogens with one attached hydrogen (secondary N) is 1. The van der Waals surface area contributed by atoms with Crippen LogP contribution in [0.3, 0.4) is 0 Å². The lowest BCUT2D eigenvalue weighted by Crippen LogP contribution is -2.39. The highest BCUT2D eigenvalue weighted by Gasteiger charge is 2.19. The molecule has 108 valence electrons. The van der Waals surface area contributed by atoms with Gasteiger partial charge in [-0.05, 0) is 51.2 Å². The normalized spacial score (nSPS) is 22.3. The topological polar surface area (TPSA) is 24.5 Å². The van der Waals surface area contributed by atoms with Crippen molar-refractivity contribution in [2.45, 2.75) is 52.0 Å². The summed E-state index contributed by atoms with van der Waals surface area (Å²) in [5, 5.41) is 3.62. The first-order valence-corrected chi connectivity index (χ1v) is 7.45. The number of rotatable bonds is 8. The Morgan fingerprint density at radius 2 is 2.11 bits per heavy atom. The van der Waals surface area contributed by atoms with E-state index in [9.17, 15) is 0 Å². The fraction of sp³-hybridized carbons (Fsp3) is 1.00. The van der Waals surface area contributed by atoms with Crippen LogP contribution in [0.5, 0.6) is 0 Å². The van der Waals surface area contributed by atoms with Crippen molar-refractivity contribution in [2.75, 3.05) is 40.4 Å². The molecule has 0 radical (unpaired) electrons. The number of hydrogen-bond acceptors (Lipinski definition) is 3. The van der Waals surface area contributed by atoms with Crippen LogP contribution in [0.2, 0.25) is 0 Å². The molecular weight excluding hydrogens is 224 g/mol. The van der Waals surface area contributed by atoms with Gasteiger partial charge in [0, 0.05) is 26.3 Å². The molecule has 1 heterocycles. The lowest BCUT2D eigenvalue weighted by atomic mass is 9.89. The standard InChI is InChI=1S/C15H32N2O/c1-15(2,9-12-18-4)13-16-10-8-14-7-5-6-11-17(14)3/h14,16H,5-13H2,1-4H3. The molecule has 0 aromatic carbocycles. The summed E-state index contributed by atoms with van der Waals surface area (Å²) in [7, 11) is 4.05. The number of likely N-dealkylation sites (tertiary alicyclic amines) is 1. The smallest absolute Gasteiger partial charge is 0.0467 e. The second-order valence-corrected chi connectivity index (χ2v) is 6.50. The molecule has 0 aromatic rings. The van der Waals surface area contributed by atoms with Crippen molar-refractivity contribution in [1.29, 1.82) is 0 Å². The summed E-state index contributed by atoms with van der Waals surface area (Å²) in [5.41, 5.74) is 0.342. The molecule has 18 heavy (non-hydrogen) atoms. The third-order valence-corrected chi connectivity index (χ3v) is 4.16. The van der Waals surface area contributed by atoms with Gasteiger partial charge in [0.15, 0.2) is 0 Å². The van der Waals surface area contributed by atoms with Crippen LogP contribution in [0.25, 0.3) is 0 Å². The molecule has 1 fully saturated rings. The van der Waals surface area contributed by atoms with Crippen molar-refractivity contribution in [2.24, 2.45) is 5.41 Å². The fourth-order valence-corrected chi connectivity index (χ4v) is 2.67. The molecule has 0 aromatic heterocycles. The maximum atomic E-state index is 5.16. The Morgan fingerprint density at radius 1 is 1.33 bits per heavy atom. The van der Waals surface area contributed by atoms with E-state index in [0.717, 1.165) is 32.2 Å². The summed E-state index contributed by atoms with van der Waals surface area (Å²) < 4.78 is 5.16. The minimum absolute atomic E-state index is 0.342. The van der Waals surface area contributed by atoms with E-state index in [2.05, 4.69) is 31.1 Å². The van der Waals surface area contributed by atoms with Crippen molar-refractivity contribution in [3.05, 3.63) is 0 Å². The number of nitrogens with zero attached hydrogens (tertiary/aromatic N) is 1. The second-order valence-electron chi connectivity index (χ2n) is 6.50. The summed E-state index contributed by atoms with van der Waals surface area (Å²) >= 11 is 0. The van der Waals surface area contributed by atoms with Gasteiger partial charge in [-0.3, -0.25) is 0 Å². The average Bonchev–Trinajstić information content (AvgIpc) is 2.34. The Morgan fingerprint density at radius 3 is 2.78 bits per heavy atom. The van der Waals surface area contributed by atoms with Gasteiger partial charge < -0.3 is 15.0 Å². The Bertz CT molecular complexity index is 219. The van der Waals surface area contributed by atoms with Crippen LogP contribution < -0.4 is 5.32 Å². The quantitative estimate of drug-likeness (QED) is 0.675. The fourth-order valence-electron chi connectivity index (χ4n) is 2.67. The van der Waals surface area contributed by atoms with Gasteiger partial charge in [-0.1, -0.05) is 20.3 Å². The van der Waals surface area contributed by atoms with E-state index >= 15 is 0 Å². The molecular formula is C15H32N2O. The van der Waals surface area contributed by atoms with Crippen molar-refractivity contribution in [3.63, 3.8) is 0 Å². The van der Waals surface area contributed by atoms with Crippen LogP contribution in [0, 0.1) is 5.41 Å². The van der Waals surface area contributed by atoms with Crippen molar-refractivity contribution >= 4 is 0 Å². The molecule has 1 N–H and O–H groups in total. The number of hydrogen-bond donors (Lipinski definition) is 1. The maximum absolute atomic E-state index is 5.16. The third kappa shape index (κ3) is 6.17. The molecule has 3 heteroatoms. The van der Waals surface area contributed by atoms with Gasteiger partial charge >= 0.3 is 0 Å².